The fourth-order valence-electron chi connectivity index (χ4n) is 2.91. The average molecular weight is 316 g/mol. The second kappa shape index (κ2) is 6.56. The summed E-state index contributed by atoms with van der Waals surface area (Å²) in [6.45, 7) is 3.67. The van der Waals surface area contributed by atoms with Crippen LogP contribution in [-0.4, -0.2) is 25.9 Å². The third-order valence-electron chi connectivity index (χ3n) is 4.27. The highest BCUT2D eigenvalue weighted by molar-refractivity contribution is 5.20. The van der Waals surface area contributed by atoms with E-state index < -0.39 is 23.7 Å². The molecule has 0 aromatic heterocycles. The Bertz CT molecular complexity index is 498. The molecule has 2 fully saturated rings. The highest BCUT2D eigenvalue weighted by Crippen LogP contribution is 2.32. The predicted octanol–water partition coefficient (Wildman–Crippen LogP) is 3.58. The molecule has 6 heteroatoms. The lowest BCUT2D eigenvalue weighted by molar-refractivity contribution is -0.227. The van der Waals surface area contributed by atoms with Crippen LogP contribution in [0.25, 0.3) is 0 Å². The Morgan fingerprint density at radius 3 is 2.09 bits per heavy atom. The smallest absolute Gasteiger partial charge is 0.194 e. The normalized spacial score (nSPS) is 32.9. The number of rotatable bonds is 2. The van der Waals surface area contributed by atoms with E-state index in [0.29, 0.717) is 19.1 Å². The van der Waals surface area contributed by atoms with Gasteiger partial charge in [0.15, 0.2) is 23.7 Å². The molecule has 0 spiro atoms. The molecule has 1 aromatic rings. The molecular formula is C16H19F3O3. The number of halogens is 3. The van der Waals surface area contributed by atoms with Crippen LogP contribution in [0.15, 0.2) is 12.1 Å². The van der Waals surface area contributed by atoms with Gasteiger partial charge in [-0.2, -0.15) is 0 Å². The minimum atomic E-state index is -1.48. The van der Waals surface area contributed by atoms with Crippen LogP contribution in [-0.2, 0) is 14.2 Å². The Kier molecular flexibility index (Phi) is 4.70. The van der Waals surface area contributed by atoms with Crippen LogP contribution in [0, 0.1) is 29.3 Å². The lowest BCUT2D eigenvalue weighted by Gasteiger charge is -2.37. The summed E-state index contributed by atoms with van der Waals surface area (Å²) in [4.78, 5) is 0. The van der Waals surface area contributed by atoms with Gasteiger partial charge in [-0.1, -0.05) is 6.92 Å². The first-order valence-corrected chi connectivity index (χ1v) is 7.54. The third kappa shape index (κ3) is 3.29. The second-order valence-electron chi connectivity index (χ2n) is 6.11. The van der Waals surface area contributed by atoms with Crippen LogP contribution in [0.3, 0.4) is 0 Å². The van der Waals surface area contributed by atoms with Crippen LogP contribution in [0.5, 0.6) is 0 Å². The molecule has 0 N–H and O–H groups in total. The zero-order chi connectivity index (χ0) is 15.7. The summed E-state index contributed by atoms with van der Waals surface area (Å²) in [5, 5.41) is 0. The van der Waals surface area contributed by atoms with Crippen LogP contribution < -0.4 is 0 Å². The van der Waals surface area contributed by atoms with Crippen molar-refractivity contribution in [3.8, 4) is 0 Å². The first kappa shape index (κ1) is 15.8. The average Bonchev–Trinajstić information content (AvgIpc) is 2.53. The molecule has 0 radical (unpaired) electrons. The maximum atomic E-state index is 13.3. The van der Waals surface area contributed by atoms with Gasteiger partial charge in [0.1, 0.15) is 0 Å². The summed E-state index contributed by atoms with van der Waals surface area (Å²) >= 11 is 0. The van der Waals surface area contributed by atoms with Crippen molar-refractivity contribution >= 4 is 0 Å². The van der Waals surface area contributed by atoms with Crippen molar-refractivity contribution < 1.29 is 27.4 Å². The van der Waals surface area contributed by atoms with Crippen molar-refractivity contribution in [2.75, 3.05) is 19.8 Å². The predicted molar refractivity (Wildman–Crippen MR) is 72.6 cm³/mol. The molecule has 2 heterocycles. The van der Waals surface area contributed by atoms with Gasteiger partial charge in [-0.25, -0.2) is 13.2 Å². The molecule has 2 aliphatic heterocycles. The van der Waals surface area contributed by atoms with Crippen LogP contribution >= 0.6 is 0 Å². The Morgan fingerprint density at radius 1 is 0.909 bits per heavy atom. The van der Waals surface area contributed by atoms with Crippen molar-refractivity contribution in [3.05, 3.63) is 35.1 Å². The Hall–Kier alpha value is -1.11. The van der Waals surface area contributed by atoms with Gasteiger partial charge in [-0.3, -0.25) is 0 Å². The lowest BCUT2D eigenvalue weighted by atomic mass is 9.92. The molecule has 0 aliphatic carbocycles. The SMILES string of the molecule is CC1CCC(C2COC(c3cc(F)c(F)c(F)c3)OC2)OC1. The molecule has 0 amide bonds. The van der Waals surface area contributed by atoms with Crippen molar-refractivity contribution in [2.24, 2.45) is 11.8 Å². The van der Waals surface area contributed by atoms with E-state index in [2.05, 4.69) is 6.92 Å². The summed E-state index contributed by atoms with van der Waals surface area (Å²) in [5.41, 5.74) is 0.146. The van der Waals surface area contributed by atoms with Crippen molar-refractivity contribution in [1.82, 2.24) is 0 Å². The first-order chi connectivity index (χ1) is 10.5. The van der Waals surface area contributed by atoms with Gasteiger partial charge in [0.05, 0.1) is 19.3 Å². The van der Waals surface area contributed by atoms with E-state index in [1.54, 1.807) is 0 Å². The number of hydrogen-bond donors (Lipinski definition) is 0. The summed E-state index contributed by atoms with van der Waals surface area (Å²) in [5.74, 6) is -3.29. The van der Waals surface area contributed by atoms with E-state index in [1.165, 1.54) is 0 Å². The van der Waals surface area contributed by atoms with Crippen LogP contribution in [0.1, 0.15) is 31.6 Å². The molecule has 2 saturated heterocycles. The molecule has 0 bridgehead atoms. The topological polar surface area (TPSA) is 27.7 Å². The zero-order valence-electron chi connectivity index (χ0n) is 12.4. The fourth-order valence-corrected chi connectivity index (χ4v) is 2.91. The minimum Gasteiger partial charge on any atom is -0.377 e. The van der Waals surface area contributed by atoms with E-state index in [0.717, 1.165) is 31.6 Å². The lowest BCUT2D eigenvalue weighted by Crippen LogP contribution is -2.39. The molecule has 3 nitrogen and oxygen atoms in total. The quantitative estimate of drug-likeness (QED) is 0.781. The van der Waals surface area contributed by atoms with Gasteiger partial charge in [-0.15, -0.1) is 0 Å². The van der Waals surface area contributed by atoms with Gasteiger partial charge in [0.25, 0.3) is 0 Å². The Morgan fingerprint density at radius 2 is 1.55 bits per heavy atom. The van der Waals surface area contributed by atoms with Crippen LogP contribution in [0.4, 0.5) is 13.2 Å². The molecule has 2 atom stereocenters. The maximum absolute atomic E-state index is 13.3. The molecule has 3 rings (SSSR count). The monoisotopic (exact) mass is 316 g/mol. The van der Waals surface area contributed by atoms with Crippen molar-refractivity contribution in [1.29, 1.82) is 0 Å². The Balaban J connectivity index is 1.60. The van der Waals surface area contributed by atoms with E-state index in [4.69, 9.17) is 14.2 Å². The molecule has 122 valence electrons. The van der Waals surface area contributed by atoms with Gasteiger partial charge in [0, 0.05) is 18.1 Å². The van der Waals surface area contributed by atoms with Gasteiger partial charge >= 0.3 is 0 Å². The molecule has 2 aliphatic rings. The standard InChI is InChI=1S/C16H19F3O3/c1-9-2-3-14(20-6-9)11-7-21-16(22-8-11)10-4-12(17)15(19)13(18)5-10/h4-5,9,11,14,16H,2-3,6-8H2,1H3. The Labute approximate surface area is 127 Å². The van der Waals surface area contributed by atoms with E-state index in [-0.39, 0.29) is 17.6 Å². The van der Waals surface area contributed by atoms with E-state index >= 15 is 0 Å². The van der Waals surface area contributed by atoms with Crippen molar-refractivity contribution in [2.45, 2.75) is 32.2 Å². The zero-order valence-corrected chi connectivity index (χ0v) is 12.4. The summed E-state index contributed by atoms with van der Waals surface area (Å²) in [6, 6.07) is 1.81. The second-order valence-corrected chi connectivity index (χ2v) is 6.11. The summed E-state index contributed by atoms with van der Waals surface area (Å²) < 4.78 is 56.4. The largest absolute Gasteiger partial charge is 0.377 e. The number of ether oxygens (including phenoxy) is 3. The molecule has 0 saturated carbocycles. The number of benzene rings is 1. The molecule has 1 aromatic carbocycles. The number of hydrogen-bond acceptors (Lipinski definition) is 3. The highest BCUT2D eigenvalue weighted by Gasteiger charge is 2.33. The minimum absolute atomic E-state index is 0.0961. The third-order valence-corrected chi connectivity index (χ3v) is 4.27. The first-order valence-electron chi connectivity index (χ1n) is 7.54. The maximum Gasteiger partial charge on any atom is 0.194 e. The van der Waals surface area contributed by atoms with E-state index in [9.17, 15) is 13.2 Å². The van der Waals surface area contributed by atoms with Gasteiger partial charge < -0.3 is 14.2 Å². The highest BCUT2D eigenvalue weighted by atomic mass is 19.2. The van der Waals surface area contributed by atoms with Crippen molar-refractivity contribution in [3.63, 3.8) is 0 Å². The molecular weight excluding hydrogens is 297 g/mol. The van der Waals surface area contributed by atoms with Gasteiger partial charge in [0.2, 0.25) is 0 Å². The van der Waals surface area contributed by atoms with Crippen LogP contribution in [0.2, 0.25) is 0 Å². The molecule has 22 heavy (non-hydrogen) atoms. The molecule has 2 unspecified atom stereocenters. The summed E-state index contributed by atoms with van der Waals surface area (Å²) in [6.07, 6.45) is 1.30. The van der Waals surface area contributed by atoms with E-state index in [1.807, 2.05) is 0 Å². The fraction of sp³-hybridized carbons (Fsp3) is 0.625. The summed E-state index contributed by atoms with van der Waals surface area (Å²) in [7, 11) is 0. The van der Waals surface area contributed by atoms with Gasteiger partial charge in [-0.05, 0) is 30.9 Å².